The van der Waals surface area contributed by atoms with E-state index in [1.807, 2.05) is 0 Å². The third-order valence-electron chi connectivity index (χ3n) is 4.15. The summed E-state index contributed by atoms with van der Waals surface area (Å²) in [5.41, 5.74) is 3.01. The summed E-state index contributed by atoms with van der Waals surface area (Å²) in [6.07, 6.45) is 4.93. The van der Waals surface area contributed by atoms with Crippen LogP contribution in [0.3, 0.4) is 0 Å². The van der Waals surface area contributed by atoms with E-state index in [1.54, 1.807) is 0 Å². The third kappa shape index (κ3) is 3.27. The Morgan fingerprint density at radius 3 is 2.67 bits per heavy atom. The Bertz CT molecular complexity index is 410. The van der Waals surface area contributed by atoms with Crippen LogP contribution < -0.4 is 5.32 Å². The van der Waals surface area contributed by atoms with E-state index in [-0.39, 0.29) is 0 Å². The van der Waals surface area contributed by atoms with E-state index in [4.69, 9.17) is 11.6 Å². The van der Waals surface area contributed by atoms with Crippen LogP contribution in [0, 0.1) is 12.3 Å². The van der Waals surface area contributed by atoms with Crippen LogP contribution in [0.25, 0.3) is 0 Å². The molecule has 1 N–H and O–H groups in total. The standard InChI is InChI=1S/C16H24ClN/c1-4-9-18-15(16(3)7-8-16)11-13-6-5-12(2)10-14(13)17/h5-6,10,15,18H,4,7-9,11H2,1-3H3. The molecular formula is C16H24ClN. The summed E-state index contributed by atoms with van der Waals surface area (Å²) in [4.78, 5) is 0. The highest BCUT2D eigenvalue weighted by molar-refractivity contribution is 6.31. The summed E-state index contributed by atoms with van der Waals surface area (Å²) in [6.45, 7) is 7.80. The van der Waals surface area contributed by atoms with Crippen molar-refractivity contribution in [2.24, 2.45) is 5.41 Å². The van der Waals surface area contributed by atoms with Crippen molar-refractivity contribution in [2.45, 2.75) is 52.5 Å². The van der Waals surface area contributed by atoms with Gasteiger partial charge < -0.3 is 5.32 Å². The molecule has 0 aromatic heterocycles. The molecule has 0 aliphatic heterocycles. The van der Waals surface area contributed by atoms with Crippen LogP contribution in [0.2, 0.25) is 5.02 Å². The van der Waals surface area contributed by atoms with Gasteiger partial charge in [0, 0.05) is 11.1 Å². The lowest BCUT2D eigenvalue weighted by atomic mass is 9.92. The number of aryl methyl sites for hydroxylation is 1. The zero-order chi connectivity index (χ0) is 13.2. The van der Waals surface area contributed by atoms with Crippen molar-refractivity contribution in [3.63, 3.8) is 0 Å². The quantitative estimate of drug-likeness (QED) is 0.806. The average Bonchev–Trinajstić information content (AvgIpc) is 3.06. The molecular weight excluding hydrogens is 242 g/mol. The maximum absolute atomic E-state index is 6.35. The molecule has 0 heterocycles. The maximum atomic E-state index is 6.35. The van der Waals surface area contributed by atoms with Gasteiger partial charge in [-0.3, -0.25) is 0 Å². The van der Waals surface area contributed by atoms with Gasteiger partial charge in [0.1, 0.15) is 0 Å². The molecule has 1 unspecified atom stereocenters. The molecule has 100 valence electrons. The molecule has 0 saturated heterocycles. The Labute approximate surface area is 116 Å². The van der Waals surface area contributed by atoms with Gasteiger partial charge in [-0.05, 0) is 61.8 Å². The Morgan fingerprint density at radius 1 is 1.39 bits per heavy atom. The third-order valence-corrected chi connectivity index (χ3v) is 4.51. The Morgan fingerprint density at radius 2 is 2.11 bits per heavy atom. The van der Waals surface area contributed by atoms with Crippen LogP contribution in [0.1, 0.15) is 44.2 Å². The highest BCUT2D eigenvalue weighted by Crippen LogP contribution is 2.49. The Balaban J connectivity index is 2.08. The fourth-order valence-electron chi connectivity index (χ4n) is 2.47. The van der Waals surface area contributed by atoms with E-state index in [0.717, 1.165) is 18.0 Å². The molecule has 0 radical (unpaired) electrons. The SMILES string of the molecule is CCCNC(Cc1ccc(C)cc1Cl)C1(C)CC1. The lowest BCUT2D eigenvalue weighted by molar-refractivity contribution is 0.354. The second-order valence-electron chi connectivity index (χ2n) is 5.96. The highest BCUT2D eigenvalue weighted by atomic mass is 35.5. The molecule has 0 amide bonds. The number of hydrogen-bond acceptors (Lipinski definition) is 1. The second kappa shape index (κ2) is 5.63. The van der Waals surface area contributed by atoms with E-state index in [2.05, 4.69) is 44.3 Å². The van der Waals surface area contributed by atoms with Crippen LogP contribution >= 0.6 is 11.6 Å². The van der Waals surface area contributed by atoms with Crippen molar-refractivity contribution in [3.05, 3.63) is 34.3 Å². The molecule has 2 rings (SSSR count). The van der Waals surface area contributed by atoms with Crippen LogP contribution in [0.15, 0.2) is 18.2 Å². The number of nitrogens with one attached hydrogen (secondary N) is 1. The molecule has 1 nitrogen and oxygen atoms in total. The second-order valence-corrected chi connectivity index (χ2v) is 6.37. The van der Waals surface area contributed by atoms with Crippen LogP contribution in [0.4, 0.5) is 0 Å². The van der Waals surface area contributed by atoms with Gasteiger partial charge in [0.2, 0.25) is 0 Å². The maximum Gasteiger partial charge on any atom is 0.0441 e. The summed E-state index contributed by atoms with van der Waals surface area (Å²) in [7, 11) is 0. The predicted octanol–water partition coefficient (Wildman–Crippen LogP) is 4.36. The monoisotopic (exact) mass is 265 g/mol. The molecule has 1 aliphatic carbocycles. The van der Waals surface area contributed by atoms with E-state index in [0.29, 0.717) is 11.5 Å². The smallest absolute Gasteiger partial charge is 0.0441 e. The van der Waals surface area contributed by atoms with E-state index >= 15 is 0 Å². The summed E-state index contributed by atoms with van der Waals surface area (Å²) >= 11 is 6.35. The fourth-order valence-corrected chi connectivity index (χ4v) is 2.78. The molecule has 1 aromatic rings. The predicted molar refractivity (Wildman–Crippen MR) is 79.3 cm³/mol. The van der Waals surface area contributed by atoms with Crippen molar-refractivity contribution in [3.8, 4) is 0 Å². The zero-order valence-corrected chi connectivity index (χ0v) is 12.5. The summed E-state index contributed by atoms with van der Waals surface area (Å²) in [5, 5.41) is 4.62. The van der Waals surface area contributed by atoms with Crippen molar-refractivity contribution >= 4 is 11.6 Å². The number of benzene rings is 1. The molecule has 1 aromatic carbocycles. The number of rotatable bonds is 6. The minimum absolute atomic E-state index is 0.489. The lowest BCUT2D eigenvalue weighted by Crippen LogP contribution is -2.38. The molecule has 0 bridgehead atoms. The van der Waals surface area contributed by atoms with E-state index < -0.39 is 0 Å². The molecule has 1 saturated carbocycles. The minimum Gasteiger partial charge on any atom is -0.313 e. The van der Waals surface area contributed by atoms with Gasteiger partial charge in [-0.25, -0.2) is 0 Å². The van der Waals surface area contributed by atoms with Gasteiger partial charge >= 0.3 is 0 Å². The summed E-state index contributed by atoms with van der Waals surface area (Å²) < 4.78 is 0. The Hall–Kier alpha value is -0.530. The topological polar surface area (TPSA) is 12.0 Å². The molecule has 1 atom stereocenters. The van der Waals surface area contributed by atoms with Crippen LogP contribution in [-0.2, 0) is 6.42 Å². The first-order valence-electron chi connectivity index (χ1n) is 7.03. The van der Waals surface area contributed by atoms with Crippen molar-refractivity contribution in [2.75, 3.05) is 6.54 Å². The fraction of sp³-hybridized carbons (Fsp3) is 0.625. The highest BCUT2D eigenvalue weighted by Gasteiger charge is 2.44. The molecule has 18 heavy (non-hydrogen) atoms. The summed E-state index contributed by atoms with van der Waals surface area (Å²) in [6, 6.07) is 6.98. The number of halogens is 1. The van der Waals surface area contributed by atoms with Gasteiger partial charge in [0.15, 0.2) is 0 Å². The molecule has 2 heteroatoms. The average molecular weight is 266 g/mol. The minimum atomic E-state index is 0.489. The van der Waals surface area contributed by atoms with Crippen molar-refractivity contribution in [1.82, 2.24) is 5.32 Å². The first-order chi connectivity index (χ1) is 8.55. The van der Waals surface area contributed by atoms with E-state index in [9.17, 15) is 0 Å². The molecule has 1 aliphatic rings. The van der Waals surface area contributed by atoms with Gasteiger partial charge in [-0.2, -0.15) is 0 Å². The van der Waals surface area contributed by atoms with Crippen LogP contribution in [0.5, 0.6) is 0 Å². The van der Waals surface area contributed by atoms with Crippen molar-refractivity contribution in [1.29, 1.82) is 0 Å². The molecule has 0 spiro atoms. The largest absolute Gasteiger partial charge is 0.313 e. The van der Waals surface area contributed by atoms with Gasteiger partial charge in [0.05, 0.1) is 0 Å². The van der Waals surface area contributed by atoms with E-state index in [1.165, 1.54) is 30.4 Å². The van der Waals surface area contributed by atoms with Crippen molar-refractivity contribution < 1.29 is 0 Å². The first kappa shape index (κ1) is 13.9. The zero-order valence-electron chi connectivity index (χ0n) is 11.7. The van der Waals surface area contributed by atoms with Gasteiger partial charge in [0.25, 0.3) is 0 Å². The summed E-state index contributed by atoms with van der Waals surface area (Å²) in [5.74, 6) is 0. The Kier molecular flexibility index (Phi) is 4.34. The first-order valence-corrected chi connectivity index (χ1v) is 7.41. The molecule has 1 fully saturated rings. The van der Waals surface area contributed by atoms with Gasteiger partial charge in [-0.15, -0.1) is 0 Å². The van der Waals surface area contributed by atoms with Crippen LogP contribution in [-0.4, -0.2) is 12.6 Å². The number of hydrogen-bond donors (Lipinski definition) is 1. The lowest BCUT2D eigenvalue weighted by Gasteiger charge is -2.25. The normalized spacial score (nSPS) is 18.7. The van der Waals surface area contributed by atoms with Gasteiger partial charge in [-0.1, -0.05) is 37.6 Å².